The quantitative estimate of drug-likeness (QED) is 0.625. The van der Waals surface area contributed by atoms with Gasteiger partial charge in [-0.05, 0) is 5.56 Å². The number of carbonyl (C=O) groups excluding carboxylic acids is 1. The lowest BCUT2D eigenvalue weighted by Crippen LogP contribution is -2.33. The van der Waals surface area contributed by atoms with Crippen molar-refractivity contribution in [2.75, 3.05) is 20.3 Å². The van der Waals surface area contributed by atoms with E-state index in [1.165, 1.54) is 30.2 Å². The van der Waals surface area contributed by atoms with Crippen LogP contribution in [0.2, 0.25) is 0 Å². The lowest BCUT2D eigenvalue weighted by Gasteiger charge is -2.27. The Kier molecular flexibility index (Phi) is 4.71. The summed E-state index contributed by atoms with van der Waals surface area (Å²) in [5.74, 6) is -2.31. The van der Waals surface area contributed by atoms with Gasteiger partial charge in [-0.2, -0.15) is 0 Å². The van der Waals surface area contributed by atoms with Crippen LogP contribution in [-0.4, -0.2) is 47.1 Å². The average molecular weight is 308 g/mol. The number of nitro groups is 1. The number of ether oxygens (including phenoxy) is 1. The van der Waals surface area contributed by atoms with E-state index in [2.05, 4.69) is 0 Å². The van der Waals surface area contributed by atoms with Crippen LogP contribution >= 0.6 is 0 Å². The van der Waals surface area contributed by atoms with Crippen LogP contribution in [0.5, 0.6) is 0 Å². The summed E-state index contributed by atoms with van der Waals surface area (Å²) in [6, 6.07) is 5.02. The van der Waals surface area contributed by atoms with Crippen LogP contribution in [0.15, 0.2) is 24.3 Å². The van der Waals surface area contributed by atoms with E-state index in [-0.39, 0.29) is 31.2 Å². The third kappa shape index (κ3) is 3.06. The summed E-state index contributed by atoms with van der Waals surface area (Å²) in [6.45, 7) is 0.510. The molecule has 1 aromatic carbocycles. The molecular weight excluding hydrogens is 292 g/mol. The van der Waals surface area contributed by atoms with Crippen molar-refractivity contribution in [2.24, 2.45) is 5.92 Å². The zero-order chi connectivity index (χ0) is 16.3. The molecule has 1 heterocycles. The molecule has 118 valence electrons. The molecule has 0 aromatic heterocycles. The van der Waals surface area contributed by atoms with Crippen LogP contribution in [0, 0.1) is 16.0 Å². The van der Waals surface area contributed by atoms with Gasteiger partial charge < -0.3 is 14.7 Å². The number of amides is 1. The average Bonchev–Trinajstić information content (AvgIpc) is 2.82. The van der Waals surface area contributed by atoms with Gasteiger partial charge >= 0.3 is 5.97 Å². The molecule has 22 heavy (non-hydrogen) atoms. The van der Waals surface area contributed by atoms with E-state index in [1.807, 2.05) is 0 Å². The lowest BCUT2D eigenvalue weighted by molar-refractivity contribution is -0.385. The molecule has 2 atom stereocenters. The van der Waals surface area contributed by atoms with Crippen molar-refractivity contribution in [1.29, 1.82) is 0 Å². The molecule has 1 aliphatic heterocycles. The van der Waals surface area contributed by atoms with Crippen molar-refractivity contribution >= 4 is 17.6 Å². The number of aliphatic carboxylic acids is 1. The molecule has 8 heteroatoms. The van der Waals surface area contributed by atoms with Crippen LogP contribution in [0.25, 0.3) is 0 Å². The standard InChI is InChI=1S/C14H16N2O6/c1-22-6-5-15-12(17)8-11(14(18)19)13(15)9-3-2-4-10(7-9)16(20)21/h2-4,7,11,13H,5-6,8H2,1H3,(H,18,19)/t11-,13+/m0/s1. The highest BCUT2D eigenvalue weighted by Crippen LogP contribution is 2.39. The Hall–Kier alpha value is -2.48. The predicted octanol–water partition coefficient (Wildman–Crippen LogP) is 1.22. The maximum atomic E-state index is 12.1. The van der Waals surface area contributed by atoms with Gasteiger partial charge in [0.2, 0.25) is 5.91 Å². The first-order chi connectivity index (χ1) is 10.5. The number of hydrogen-bond donors (Lipinski definition) is 1. The predicted molar refractivity (Wildman–Crippen MR) is 75.2 cm³/mol. The number of carbonyl (C=O) groups is 2. The monoisotopic (exact) mass is 308 g/mol. The molecule has 0 radical (unpaired) electrons. The SMILES string of the molecule is COCCN1C(=O)C[C@H](C(=O)O)[C@H]1c1cccc([N+](=O)[O-])c1. The van der Waals surface area contributed by atoms with E-state index >= 15 is 0 Å². The van der Waals surface area contributed by atoms with Crippen molar-refractivity contribution in [3.63, 3.8) is 0 Å². The molecule has 1 aromatic rings. The Labute approximate surface area is 126 Å². The zero-order valence-electron chi connectivity index (χ0n) is 12.0. The number of methoxy groups -OCH3 is 1. The smallest absolute Gasteiger partial charge is 0.309 e. The van der Waals surface area contributed by atoms with Crippen molar-refractivity contribution in [3.8, 4) is 0 Å². The van der Waals surface area contributed by atoms with Crippen LogP contribution in [0.4, 0.5) is 5.69 Å². The molecule has 0 unspecified atom stereocenters. The van der Waals surface area contributed by atoms with Crippen molar-refractivity contribution < 1.29 is 24.4 Å². The van der Waals surface area contributed by atoms with E-state index < -0.39 is 22.9 Å². The van der Waals surface area contributed by atoms with E-state index in [1.54, 1.807) is 6.07 Å². The van der Waals surface area contributed by atoms with Gasteiger partial charge in [-0.1, -0.05) is 12.1 Å². The summed E-state index contributed by atoms with van der Waals surface area (Å²) in [5.41, 5.74) is 0.316. The van der Waals surface area contributed by atoms with Gasteiger partial charge in [-0.25, -0.2) is 0 Å². The maximum absolute atomic E-state index is 12.1. The number of nitrogens with zero attached hydrogens (tertiary/aromatic N) is 2. The fourth-order valence-corrected chi connectivity index (χ4v) is 2.70. The Morgan fingerprint density at radius 1 is 1.55 bits per heavy atom. The molecule has 1 fully saturated rings. The summed E-state index contributed by atoms with van der Waals surface area (Å²) in [6.07, 6.45) is -0.119. The number of carboxylic acids is 1. The number of non-ortho nitro benzene ring substituents is 1. The Bertz CT molecular complexity index is 603. The molecule has 1 amide bonds. The minimum atomic E-state index is -1.09. The first-order valence-electron chi connectivity index (χ1n) is 6.71. The molecular formula is C14H16N2O6. The summed E-state index contributed by atoms with van der Waals surface area (Å²) in [7, 11) is 1.48. The van der Waals surface area contributed by atoms with E-state index in [9.17, 15) is 24.8 Å². The van der Waals surface area contributed by atoms with Gasteiger partial charge in [0.15, 0.2) is 0 Å². The van der Waals surface area contributed by atoms with E-state index in [0.717, 1.165) is 0 Å². The Balaban J connectivity index is 2.40. The van der Waals surface area contributed by atoms with Crippen LogP contribution < -0.4 is 0 Å². The minimum Gasteiger partial charge on any atom is -0.481 e. The maximum Gasteiger partial charge on any atom is 0.309 e. The number of hydrogen-bond acceptors (Lipinski definition) is 5. The summed E-state index contributed by atoms with van der Waals surface area (Å²) < 4.78 is 4.94. The Morgan fingerprint density at radius 3 is 2.86 bits per heavy atom. The van der Waals surface area contributed by atoms with Crippen molar-refractivity contribution in [3.05, 3.63) is 39.9 Å². The molecule has 2 rings (SSSR count). The number of rotatable bonds is 6. The minimum absolute atomic E-state index is 0.119. The molecule has 8 nitrogen and oxygen atoms in total. The van der Waals surface area contributed by atoms with Gasteiger partial charge in [0.1, 0.15) is 0 Å². The first-order valence-corrected chi connectivity index (χ1v) is 6.71. The van der Waals surface area contributed by atoms with Crippen molar-refractivity contribution in [2.45, 2.75) is 12.5 Å². The number of benzene rings is 1. The van der Waals surface area contributed by atoms with Crippen LogP contribution in [0.3, 0.4) is 0 Å². The van der Waals surface area contributed by atoms with Gasteiger partial charge in [-0.15, -0.1) is 0 Å². The largest absolute Gasteiger partial charge is 0.481 e. The first kappa shape index (κ1) is 15.9. The van der Waals surface area contributed by atoms with Crippen molar-refractivity contribution in [1.82, 2.24) is 4.90 Å². The van der Waals surface area contributed by atoms with Gasteiger partial charge in [0.05, 0.1) is 23.5 Å². The summed E-state index contributed by atoms with van der Waals surface area (Å²) >= 11 is 0. The molecule has 1 aliphatic rings. The Morgan fingerprint density at radius 2 is 2.27 bits per heavy atom. The normalized spacial score (nSPS) is 21.1. The molecule has 1 saturated heterocycles. The third-order valence-corrected chi connectivity index (χ3v) is 3.71. The molecule has 0 saturated carbocycles. The molecule has 0 aliphatic carbocycles. The molecule has 0 spiro atoms. The topological polar surface area (TPSA) is 110 Å². The van der Waals surface area contributed by atoms with E-state index in [4.69, 9.17) is 4.74 Å². The van der Waals surface area contributed by atoms with Gasteiger partial charge in [0.25, 0.3) is 5.69 Å². The second-order valence-electron chi connectivity index (χ2n) is 5.03. The van der Waals surface area contributed by atoms with Crippen LogP contribution in [0.1, 0.15) is 18.0 Å². The fraction of sp³-hybridized carbons (Fsp3) is 0.429. The second-order valence-corrected chi connectivity index (χ2v) is 5.03. The highest BCUT2D eigenvalue weighted by Gasteiger charge is 2.44. The molecule has 1 N–H and O–H groups in total. The summed E-state index contributed by atoms with van der Waals surface area (Å²) in [4.78, 5) is 35.3. The third-order valence-electron chi connectivity index (χ3n) is 3.71. The number of likely N-dealkylation sites (tertiary alicyclic amines) is 1. The number of carboxylic acid groups (broad SMARTS) is 1. The lowest BCUT2D eigenvalue weighted by atomic mass is 9.93. The second kappa shape index (κ2) is 6.52. The fourth-order valence-electron chi connectivity index (χ4n) is 2.70. The van der Waals surface area contributed by atoms with Gasteiger partial charge in [0, 0.05) is 32.2 Å². The zero-order valence-corrected chi connectivity index (χ0v) is 12.0. The van der Waals surface area contributed by atoms with Crippen LogP contribution in [-0.2, 0) is 14.3 Å². The summed E-state index contributed by atoms with van der Waals surface area (Å²) in [5, 5.41) is 20.2. The van der Waals surface area contributed by atoms with E-state index in [0.29, 0.717) is 5.56 Å². The number of nitro benzene ring substituents is 1. The highest BCUT2D eigenvalue weighted by atomic mass is 16.6. The van der Waals surface area contributed by atoms with Gasteiger partial charge in [-0.3, -0.25) is 19.7 Å². The highest BCUT2D eigenvalue weighted by molar-refractivity contribution is 5.87. The molecule has 0 bridgehead atoms.